The second-order valence-electron chi connectivity index (χ2n) is 5.59. The van der Waals surface area contributed by atoms with Crippen LogP contribution in [0, 0.1) is 12.3 Å². The molecule has 0 aromatic carbocycles. The summed E-state index contributed by atoms with van der Waals surface area (Å²) in [5.41, 5.74) is 1.02. The fraction of sp³-hybridized carbons (Fsp3) is 0.692. The lowest BCUT2D eigenvalue weighted by atomic mass is 10.2. The number of hydrogen-bond donors (Lipinski definition) is 2. The number of thiophene rings is 1. The third-order valence-electron chi connectivity index (χ3n) is 3.59. The zero-order valence-corrected chi connectivity index (χ0v) is 13.4. The molecule has 0 bridgehead atoms. The quantitative estimate of drug-likeness (QED) is 0.812. The zero-order chi connectivity index (χ0) is 14.1. The topological polar surface area (TPSA) is 58.2 Å². The van der Waals surface area contributed by atoms with Crippen molar-refractivity contribution >= 4 is 21.4 Å². The molecule has 1 aliphatic carbocycles. The van der Waals surface area contributed by atoms with Crippen LogP contribution in [0.15, 0.2) is 10.3 Å². The van der Waals surface area contributed by atoms with E-state index in [1.165, 1.54) is 11.3 Å². The second-order valence-corrected chi connectivity index (χ2v) is 8.25. The van der Waals surface area contributed by atoms with E-state index in [0.29, 0.717) is 18.0 Å². The maximum absolute atomic E-state index is 12.4. The molecule has 19 heavy (non-hydrogen) atoms. The van der Waals surface area contributed by atoms with Crippen molar-refractivity contribution in [2.45, 2.75) is 45.1 Å². The molecule has 1 aromatic heterocycles. The van der Waals surface area contributed by atoms with Gasteiger partial charge in [-0.3, -0.25) is 0 Å². The summed E-state index contributed by atoms with van der Waals surface area (Å²) < 4.78 is 27.7. The Morgan fingerprint density at radius 2 is 2.11 bits per heavy atom. The maximum atomic E-state index is 12.4. The monoisotopic (exact) mass is 302 g/mol. The van der Waals surface area contributed by atoms with Crippen LogP contribution in [0.25, 0.3) is 0 Å². The minimum absolute atomic E-state index is 0.179. The summed E-state index contributed by atoms with van der Waals surface area (Å²) in [5, 5.41) is 5.11. The Labute approximate surface area is 119 Å². The molecule has 1 aliphatic rings. The van der Waals surface area contributed by atoms with Crippen molar-refractivity contribution in [2.24, 2.45) is 5.41 Å². The first kappa shape index (κ1) is 15.0. The van der Waals surface area contributed by atoms with Gasteiger partial charge in [0.05, 0.1) is 0 Å². The van der Waals surface area contributed by atoms with Crippen LogP contribution in [0.3, 0.4) is 0 Å². The van der Waals surface area contributed by atoms with Gasteiger partial charge in [0.25, 0.3) is 0 Å². The first-order valence-corrected chi connectivity index (χ1v) is 9.01. The van der Waals surface area contributed by atoms with Crippen molar-refractivity contribution in [3.63, 3.8) is 0 Å². The fourth-order valence-corrected chi connectivity index (χ4v) is 4.92. The summed E-state index contributed by atoms with van der Waals surface area (Å²) in [6.07, 6.45) is 2.23. The van der Waals surface area contributed by atoms with Gasteiger partial charge in [0.1, 0.15) is 4.90 Å². The van der Waals surface area contributed by atoms with E-state index in [4.69, 9.17) is 0 Å². The molecule has 0 spiro atoms. The Balaban J connectivity index is 2.16. The minimum atomic E-state index is -3.38. The molecule has 1 heterocycles. The van der Waals surface area contributed by atoms with Crippen molar-refractivity contribution in [1.29, 1.82) is 0 Å². The average molecular weight is 302 g/mol. The number of hydrogen-bond acceptors (Lipinski definition) is 4. The molecule has 4 nitrogen and oxygen atoms in total. The summed E-state index contributed by atoms with van der Waals surface area (Å²) >= 11 is 1.51. The summed E-state index contributed by atoms with van der Waals surface area (Å²) in [6.45, 7) is 7.99. The van der Waals surface area contributed by atoms with Gasteiger partial charge in [0.2, 0.25) is 10.0 Å². The molecule has 0 amide bonds. The molecule has 2 N–H and O–H groups in total. The molecule has 0 saturated heterocycles. The van der Waals surface area contributed by atoms with E-state index in [2.05, 4.69) is 17.0 Å². The first-order chi connectivity index (χ1) is 8.88. The van der Waals surface area contributed by atoms with Crippen LogP contribution >= 0.6 is 11.3 Å². The summed E-state index contributed by atoms with van der Waals surface area (Å²) in [7, 11) is -3.38. The largest absolute Gasteiger partial charge is 0.312 e. The zero-order valence-electron chi connectivity index (χ0n) is 11.7. The van der Waals surface area contributed by atoms with E-state index in [1.54, 1.807) is 0 Å². The number of aryl methyl sites for hydroxylation is 1. The van der Waals surface area contributed by atoms with E-state index in [-0.39, 0.29) is 5.41 Å². The molecule has 6 heteroatoms. The van der Waals surface area contributed by atoms with Crippen LogP contribution in [0.4, 0.5) is 0 Å². The Bertz CT molecular complexity index is 545. The first-order valence-electron chi connectivity index (χ1n) is 6.65. The lowest BCUT2D eigenvalue weighted by Gasteiger charge is -2.12. The van der Waals surface area contributed by atoms with Crippen molar-refractivity contribution in [2.75, 3.05) is 13.1 Å². The molecule has 1 saturated carbocycles. The highest BCUT2D eigenvalue weighted by Crippen LogP contribution is 2.44. The highest BCUT2D eigenvalue weighted by atomic mass is 32.2. The average Bonchev–Trinajstić information content (AvgIpc) is 2.96. The predicted molar refractivity (Wildman–Crippen MR) is 79.0 cm³/mol. The van der Waals surface area contributed by atoms with E-state index in [0.717, 1.165) is 29.8 Å². The molecule has 1 aromatic rings. The molecule has 0 radical (unpaired) electrons. The van der Waals surface area contributed by atoms with Crippen molar-refractivity contribution in [3.8, 4) is 0 Å². The van der Waals surface area contributed by atoms with Crippen LogP contribution in [0.2, 0.25) is 0 Å². The Morgan fingerprint density at radius 3 is 2.68 bits per heavy atom. The molecular formula is C13H22N2O2S2. The Morgan fingerprint density at radius 1 is 1.42 bits per heavy atom. The van der Waals surface area contributed by atoms with Crippen LogP contribution in [-0.2, 0) is 16.6 Å². The van der Waals surface area contributed by atoms with Crippen molar-refractivity contribution in [3.05, 3.63) is 15.8 Å². The SMILES string of the molecule is CCNCc1scc(C)c1S(=O)(=O)NCC1(C)CC1. The molecule has 2 rings (SSSR count). The predicted octanol–water partition coefficient (Wildman–Crippen LogP) is 2.24. The number of rotatable bonds is 7. The second kappa shape index (κ2) is 5.52. The molecule has 0 aliphatic heterocycles. The molecule has 0 atom stereocenters. The van der Waals surface area contributed by atoms with Gasteiger partial charge in [-0.2, -0.15) is 0 Å². The van der Waals surface area contributed by atoms with Crippen LogP contribution < -0.4 is 10.0 Å². The molecule has 1 fully saturated rings. The third-order valence-corrected chi connectivity index (χ3v) is 6.45. The van der Waals surface area contributed by atoms with Crippen molar-refractivity contribution in [1.82, 2.24) is 10.0 Å². The lowest BCUT2D eigenvalue weighted by Crippen LogP contribution is -2.30. The van der Waals surface area contributed by atoms with Crippen LogP contribution in [0.1, 0.15) is 37.1 Å². The minimum Gasteiger partial charge on any atom is -0.312 e. The normalized spacial score (nSPS) is 17.6. The van der Waals surface area contributed by atoms with Crippen LogP contribution in [-0.4, -0.2) is 21.5 Å². The molecular weight excluding hydrogens is 280 g/mol. The Kier molecular flexibility index (Phi) is 4.35. The van der Waals surface area contributed by atoms with Gasteiger partial charge in [0.15, 0.2) is 0 Å². The van der Waals surface area contributed by atoms with Gasteiger partial charge in [-0.05, 0) is 42.7 Å². The standard InChI is InChI=1S/C13H22N2O2S2/c1-4-14-7-11-12(10(2)8-18-11)19(16,17)15-9-13(3)5-6-13/h8,14-15H,4-7,9H2,1-3H3. The summed E-state index contributed by atoms with van der Waals surface area (Å²) in [6, 6.07) is 0. The summed E-state index contributed by atoms with van der Waals surface area (Å²) in [4.78, 5) is 1.37. The van der Waals surface area contributed by atoms with Gasteiger partial charge in [-0.25, -0.2) is 13.1 Å². The van der Waals surface area contributed by atoms with Crippen LogP contribution in [0.5, 0.6) is 0 Å². The van der Waals surface area contributed by atoms with E-state index < -0.39 is 10.0 Å². The molecule has 108 valence electrons. The number of sulfonamides is 1. The summed E-state index contributed by atoms with van der Waals surface area (Å²) in [5.74, 6) is 0. The van der Waals surface area contributed by atoms with E-state index in [1.807, 2.05) is 19.2 Å². The lowest BCUT2D eigenvalue weighted by molar-refractivity contribution is 0.529. The van der Waals surface area contributed by atoms with Gasteiger partial charge >= 0.3 is 0 Å². The third kappa shape index (κ3) is 3.56. The highest BCUT2D eigenvalue weighted by molar-refractivity contribution is 7.89. The van der Waals surface area contributed by atoms with Gasteiger partial charge in [-0.15, -0.1) is 11.3 Å². The highest BCUT2D eigenvalue weighted by Gasteiger charge is 2.38. The Hall–Kier alpha value is -0.430. The van der Waals surface area contributed by atoms with Crippen molar-refractivity contribution < 1.29 is 8.42 Å². The fourth-order valence-electron chi connectivity index (χ4n) is 1.94. The maximum Gasteiger partial charge on any atom is 0.242 e. The van der Waals surface area contributed by atoms with E-state index >= 15 is 0 Å². The number of nitrogens with one attached hydrogen (secondary N) is 2. The van der Waals surface area contributed by atoms with E-state index in [9.17, 15) is 8.42 Å². The molecule has 0 unspecified atom stereocenters. The van der Waals surface area contributed by atoms with Gasteiger partial charge < -0.3 is 5.32 Å². The smallest absolute Gasteiger partial charge is 0.242 e. The van der Waals surface area contributed by atoms with Gasteiger partial charge in [-0.1, -0.05) is 13.8 Å². The van der Waals surface area contributed by atoms with Gasteiger partial charge in [0, 0.05) is 18.0 Å².